The van der Waals surface area contributed by atoms with Crippen molar-refractivity contribution < 1.29 is 5.11 Å². The molecule has 0 saturated heterocycles. The summed E-state index contributed by atoms with van der Waals surface area (Å²) in [5.74, 6) is 0.282. The van der Waals surface area contributed by atoms with E-state index in [2.05, 4.69) is 11.9 Å². The molecule has 0 radical (unpaired) electrons. The lowest BCUT2D eigenvalue weighted by atomic mass is 9.99. The number of aliphatic hydroxyl groups excluding tert-OH is 1. The van der Waals surface area contributed by atoms with E-state index in [1.54, 1.807) is 6.20 Å². The van der Waals surface area contributed by atoms with Gasteiger partial charge >= 0.3 is 0 Å². The molecule has 74 valence electrons. The van der Waals surface area contributed by atoms with Crippen LogP contribution in [0.15, 0.2) is 6.20 Å². The molecule has 0 bridgehead atoms. The van der Waals surface area contributed by atoms with Crippen molar-refractivity contribution in [3.8, 4) is 0 Å². The number of hydrogen-bond acceptors (Lipinski definition) is 4. The highest BCUT2D eigenvalue weighted by Crippen LogP contribution is 2.29. The highest BCUT2D eigenvalue weighted by molar-refractivity contribution is 7.15. The van der Waals surface area contributed by atoms with Crippen molar-refractivity contribution in [2.45, 2.75) is 32.8 Å². The van der Waals surface area contributed by atoms with Crippen LogP contribution in [-0.2, 0) is 0 Å². The van der Waals surface area contributed by atoms with Gasteiger partial charge in [-0.05, 0) is 12.3 Å². The number of thiazole rings is 1. The van der Waals surface area contributed by atoms with Crippen LogP contribution in [0.25, 0.3) is 0 Å². The molecule has 1 aromatic rings. The number of nitrogen functional groups attached to an aromatic ring is 1. The monoisotopic (exact) mass is 200 g/mol. The number of anilines is 1. The highest BCUT2D eigenvalue weighted by Gasteiger charge is 2.17. The molecule has 3 nitrogen and oxygen atoms in total. The summed E-state index contributed by atoms with van der Waals surface area (Å²) in [5, 5.41) is 10.4. The van der Waals surface area contributed by atoms with Crippen LogP contribution < -0.4 is 5.73 Å². The largest absolute Gasteiger partial charge is 0.387 e. The molecular formula is C9H16N2OS. The summed E-state index contributed by atoms with van der Waals surface area (Å²) >= 11 is 1.37. The van der Waals surface area contributed by atoms with E-state index in [9.17, 15) is 5.11 Å². The second-order valence-electron chi connectivity index (χ2n) is 3.31. The van der Waals surface area contributed by atoms with E-state index >= 15 is 0 Å². The molecule has 13 heavy (non-hydrogen) atoms. The quantitative estimate of drug-likeness (QED) is 0.783. The van der Waals surface area contributed by atoms with Crippen molar-refractivity contribution in [3.63, 3.8) is 0 Å². The van der Waals surface area contributed by atoms with Crippen LogP contribution in [0.1, 0.15) is 37.7 Å². The molecule has 0 saturated carbocycles. The van der Waals surface area contributed by atoms with Crippen LogP contribution in [-0.4, -0.2) is 10.1 Å². The van der Waals surface area contributed by atoms with Crippen LogP contribution in [0.3, 0.4) is 0 Å². The maximum absolute atomic E-state index is 9.85. The number of nitrogens with zero attached hydrogens (tertiary/aromatic N) is 1. The third kappa shape index (κ3) is 2.67. The molecule has 0 aliphatic heterocycles. The average molecular weight is 200 g/mol. The molecule has 0 fully saturated rings. The Balaban J connectivity index is 2.61. The molecule has 1 aromatic heterocycles. The van der Waals surface area contributed by atoms with E-state index in [4.69, 9.17) is 5.73 Å². The van der Waals surface area contributed by atoms with E-state index in [1.807, 2.05) is 6.92 Å². The molecule has 0 aliphatic rings. The maximum Gasteiger partial charge on any atom is 0.180 e. The van der Waals surface area contributed by atoms with Crippen molar-refractivity contribution in [1.82, 2.24) is 4.98 Å². The lowest BCUT2D eigenvalue weighted by Crippen LogP contribution is -2.07. The number of hydrogen-bond donors (Lipinski definition) is 2. The molecule has 0 spiro atoms. The van der Waals surface area contributed by atoms with Gasteiger partial charge in [-0.1, -0.05) is 31.6 Å². The van der Waals surface area contributed by atoms with Gasteiger partial charge in [-0.2, -0.15) is 0 Å². The van der Waals surface area contributed by atoms with Crippen molar-refractivity contribution >= 4 is 16.5 Å². The standard InChI is InChI=1S/C9H16N2OS/c1-3-4-6(2)8(12)7-5-11-9(10)13-7/h5-6,8,12H,3-4H2,1-2H3,(H2,10,11). The van der Waals surface area contributed by atoms with Gasteiger partial charge in [-0.3, -0.25) is 0 Å². The SMILES string of the molecule is CCCC(C)C(O)c1cnc(N)s1. The smallest absolute Gasteiger partial charge is 0.180 e. The van der Waals surface area contributed by atoms with E-state index in [0.29, 0.717) is 5.13 Å². The van der Waals surface area contributed by atoms with Gasteiger partial charge in [-0.15, -0.1) is 0 Å². The minimum atomic E-state index is -0.408. The predicted octanol–water partition coefficient (Wildman–Crippen LogP) is 2.19. The Labute approximate surface area is 82.6 Å². The number of aromatic nitrogens is 1. The summed E-state index contributed by atoms with van der Waals surface area (Å²) in [6.07, 6.45) is 3.37. The third-order valence-electron chi connectivity index (χ3n) is 2.12. The van der Waals surface area contributed by atoms with Crippen LogP contribution in [0.4, 0.5) is 5.13 Å². The van der Waals surface area contributed by atoms with Gasteiger partial charge in [0, 0.05) is 6.20 Å². The minimum absolute atomic E-state index is 0.282. The lowest BCUT2D eigenvalue weighted by Gasteiger charge is -2.15. The van der Waals surface area contributed by atoms with E-state index in [0.717, 1.165) is 17.7 Å². The van der Waals surface area contributed by atoms with Gasteiger partial charge in [0.15, 0.2) is 5.13 Å². The summed E-state index contributed by atoms with van der Waals surface area (Å²) in [6, 6.07) is 0. The molecule has 2 unspecified atom stereocenters. The first kappa shape index (κ1) is 10.5. The van der Waals surface area contributed by atoms with Crippen molar-refractivity contribution in [2.75, 3.05) is 5.73 Å². The second kappa shape index (κ2) is 4.58. The van der Waals surface area contributed by atoms with Gasteiger partial charge in [0.1, 0.15) is 0 Å². The first-order valence-corrected chi connectivity index (χ1v) is 5.36. The number of rotatable bonds is 4. The average Bonchev–Trinajstić information content (AvgIpc) is 2.51. The summed E-state index contributed by atoms with van der Waals surface area (Å²) in [6.45, 7) is 4.16. The van der Waals surface area contributed by atoms with Crippen LogP contribution >= 0.6 is 11.3 Å². The van der Waals surface area contributed by atoms with Gasteiger partial charge in [0.05, 0.1) is 11.0 Å². The fourth-order valence-electron chi connectivity index (χ4n) is 1.33. The highest BCUT2D eigenvalue weighted by atomic mass is 32.1. The zero-order valence-corrected chi connectivity index (χ0v) is 8.84. The Bertz CT molecular complexity index is 262. The van der Waals surface area contributed by atoms with Crippen molar-refractivity contribution in [2.24, 2.45) is 5.92 Å². The fraction of sp³-hybridized carbons (Fsp3) is 0.667. The Kier molecular flexibility index (Phi) is 3.69. The van der Waals surface area contributed by atoms with Gasteiger partial charge in [0.2, 0.25) is 0 Å². The van der Waals surface area contributed by atoms with Crippen molar-refractivity contribution in [1.29, 1.82) is 0 Å². The van der Waals surface area contributed by atoms with Gasteiger partial charge < -0.3 is 10.8 Å². The zero-order chi connectivity index (χ0) is 9.84. The molecule has 0 aromatic carbocycles. The topological polar surface area (TPSA) is 59.1 Å². The number of nitrogens with two attached hydrogens (primary N) is 1. The molecule has 1 rings (SSSR count). The van der Waals surface area contributed by atoms with E-state index in [1.165, 1.54) is 11.3 Å². The van der Waals surface area contributed by atoms with Crippen LogP contribution in [0.5, 0.6) is 0 Å². The molecule has 1 heterocycles. The van der Waals surface area contributed by atoms with Crippen LogP contribution in [0, 0.1) is 5.92 Å². The Morgan fingerprint density at radius 1 is 1.69 bits per heavy atom. The molecule has 4 heteroatoms. The third-order valence-corrected chi connectivity index (χ3v) is 3.01. The predicted molar refractivity (Wildman–Crippen MR) is 55.6 cm³/mol. The van der Waals surface area contributed by atoms with Crippen molar-refractivity contribution in [3.05, 3.63) is 11.1 Å². The first-order chi connectivity index (χ1) is 6.15. The second-order valence-corrected chi connectivity index (χ2v) is 4.41. The summed E-state index contributed by atoms with van der Waals surface area (Å²) < 4.78 is 0. The Morgan fingerprint density at radius 3 is 2.85 bits per heavy atom. The van der Waals surface area contributed by atoms with E-state index in [-0.39, 0.29) is 5.92 Å². The van der Waals surface area contributed by atoms with E-state index < -0.39 is 6.10 Å². The summed E-state index contributed by atoms with van der Waals surface area (Å²) in [5.41, 5.74) is 5.49. The van der Waals surface area contributed by atoms with Gasteiger partial charge in [0.25, 0.3) is 0 Å². The minimum Gasteiger partial charge on any atom is -0.387 e. The molecule has 3 N–H and O–H groups in total. The molecule has 0 amide bonds. The fourth-order valence-corrected chi connectivity index (χ4v) is 2.14. The van der Waals surface area contributed by atoms with Crippen LogP contribution in [0.2, 0.25) is 0 Å². The maximum atomic E-state index is 9.85. The molecule has 2 atom stereocenters. The normalized spacial score (nSPS) is 15.6. The Hall–Kier alpha value is -0.610. The lowest BCUT2D eigenvalue weighted by molar-refractivity contribution is 0.115. The van der Waals surface area contributed by atoms with Gasteiger partial charge in [-0.25, -0.2) is 4.98 Å². The first-order valence-electron chi connectivity index (χ1n) is 4.54. The summed E-state index contributed by atoms with van der Waals surface area (Å²) in [4.78, 5) is 4.79. The Morgan fingerprint density at radius 2 is 2.38 bits per heavy atom. The zero-order valence-electron chi connectivity index (χ0n) is 8.03. The molecule has 0 aliphatic carbocycles. The summed E-state index contributed by atoms with van der Waals surface area (Å²) in [7, 11) is 0. The number of aliphatic hydroxyl groups is 1. The molecular weight excluding hydrogens is 184 g/mol.